The second kappa shape index (κ2) is 10.1. The molecule has 4 rings (SSSR count). The van der Waals surface area contributed by atoms with E-state index in [1.54, 1.807) is 23.7 Å². The first-order valence-electron chi connectivity index (χ1n) is 10.8. The summed E-state index contributed by atoms with van der Waals surface area (Å²) in [6.07, 6.45) is 0. The van der Waals surface area contributed by atoms with Crippen LogP contribution in [0.2, 0.25) is 0 Å². The highest BCUT2D eigenvalue weighted by Gasteiger charge is 2.23. The molecule has 1 aromatic heterocycles. The Morgan fingerprint density at radius 2 is 1.43 bits per heavy atom. The van der Waals surface area contributed by atoms with Gasteiger partial charge in [-0.3, -0.25) is 9.59 Å². The molecule has 1 heterocycles. The molecule has 0 bridgehead atoms. The van der Waals surface area contributed by atoms with E-state index in [4.69, 9.17) is 14.2 Å². The van der Waals surface area contributed by atoms with Gasteiger partial charge in [0.2, 0.25) is 11.2 Å². The van der Waals surface area contributed by atoms with Crippen molar-refractivity contribution in [3.63, 3.8) is 0 Å². The summed E-state index contributed by atoms with van der Waals surface area (Å²) in [6, 6.07) is 21.6. The number of carbonyl (C=O) groups is 1. The highest BCUT2D eigenvalue weighted by atomic mass is 16.5. The molecule has 0 aliphatic heterocycles. The largest absolute Gasteiger partial charge is 0.493 e. The molecule has 178 valence electrons. The predicted octanol–water partition coefficient (Wildman–Crippen LogP) is 4.49. The van der Waals surface area contributed by atoms with E-state index >= 15 is 0 Å². The zero-order chi connectivity index (χ0) is 24.9. The molecule has 4 aromatic rings. The van der Waals surface area contributed by atoms with Crippen LogP contribution in [0.25, 0.3) is 16.8 Å². The second-order valence-electron chi connectivity index (χ2n) is 7.62. The maximum absolute atomic E-state index is 13.5. The van der Waals surface area contributed by atoms with Crippen molar-refractivity contribution in [3.05, 3.63) is 94.3 Å². The van der Waals surface area contributed by atoms with Gasteiger partial charge in [-0.1, -0.05) is 48.5 Å². The van der Waals surface area contributed by atoms with Crippen molar-refractivity contribution in [2.75, 3.05) is 26.6 Å². The Morgan fingerprint density at radius 3 is 1.97 bits per heavy atom. The summed E-state index contributed by atoms with van der Waals surface area (Å²) < 4.78 is 17.7. The van der Waals surface area contributed by atoms with Gasteiger partial charge in [-0.05, 0) is 36.8 Å². The van der Waals surface area contributed by atoms with Crippen molar-refractivity contribution >= 4 is 11.7 Å². The number of anilines is 1. The molecule has 0 spiro atoms. The van der Waals surface area contributed by atoms with Crippen LogP contribution < -0.4 is 25.0 Å². The normalized spacial score (nSPS) is 10.5. The van der Waals surface area contributed by atoms with Crippen molar-refractivity contribution in [2.45, 2.75) is 6.92 Å². The van der Waals surface area contributed by atoms with Gasteiger partial charge in [0.1, 0.15) is 11.5 Å². The summed E-state index contributed by atoms with van der Waals surface area (Å²) in [5, 5.41) is 7.40. The second-order valence-corrected chi connectivity index (χ2v) is 7.62. The molecule has 8 heteroatoms. The lowest BCUT2D eigenvalue weighted by Crippen LogP contribution is -2.25. The average molecular weight is 472 g/mol. The Hall–Kier alpha value is -4.59. The molecule has 0 aliphatic rings. The van der Waals surface area contributed by atoms with Crippen LogP contribution in [-0.2, 0) is 0 Å². The van der Waals surface area contributed by atoms with Crippen LogP contribution in [0.15, 0.2) is 77.6 Å². The molecule has 0 radical (unpaired) electrons. The molecular weight excluding hydrogens is 446 g/mol. The number of aromatic nitrogens is 2. The Balaban J connectivity index is 1.92. The maximum atomic E-state index is 13.5. The van der Waals surface area contributed by atoms with Gasteiger partial charge in [-0.25, -0.2) is 4.68 Å². The molecule has 3 aromatic carbocycles. The van der Waals surface area contributed by atoms with Gasteiger partial charge in [-0.15, -0.1) is 0 Å². The fourth-order valence-corrected chi connectivity index (χ4v) is 3.78. The molecule has 35 heavy (non-hydrogen) atoms. The first-order chi connectivity index (χ1) is 17.0. The number of hydrogen-bond acceptors (Lipinski definition) is 6. The molecule has 0 aliphatic carbocycles. The average Bonchev–Trinajstić information content (AvgIpc) is 2.90. The Kier molecular flexibility index (Phi) is 6.82. The lowest BCUT2D eigenvalue weighted by atomic mass is 10.0. The number of hydrogen-bond donors (Lipinski definition) is 1. The number of benzene rings is 3. The molecule has 8 nitrogen and oxygen atoms in total. The zero-order valence-corrected chi connectivity index (χ0v) is 19.9. The summed E-state index contributed by atoms with van der Waals surface area (Å²) in [6.45, 7) is 1.65. The minimum Gasteiger partial charge on any atom is -0.493 e. The van der Waals surface area contributed by atoms with Gasteiger partial charge in [0.05, 0.1) is 32.6 Å². The van der Waals surface area contributed by atoms with Crippen LogP contribution >= 0.6 is 0 Å². The van der Waals surface area contributed by atoms with Crippen molar-refractivity contribution in [1.29, 1.82) is 0 Å². The molecule has 1 N–H and O–H groups in total. The highest BCUT2D eigenvalue weighted by Crippen LogP contribution is 2.38. The predicted molar refractivity (Wildman–Crippen MR) is 134 cm³/mol. The number of rotatable bonds is 7. The number of para-hydroxylation sites is 1. The smallest absolute Gasteiger partial charge is 0.257 e. The minimum atomic E-state index is -0.476. The third kappa shape index (κ3) is 4.59. The third-order valence-electron chi connectivity index (χ3n) is 5.48. The standard InChI is InChI=1S/C27H25N3O5/c1-17-24(31)23(18-11-7-5-8-12-18)26(30(29-17)20-13-9-6-10-14-20)28-27(32)19-15-21(33-2)25(35-4)22(16-19)34-3/h5-16H,1-4H3,(H,28,32). The van der Waals surface area contributed by atoms with Gasteiger partial charge in [0.25, 0.3) is 5.91 Å². The van der Waals surface area contributed by atoms with Crippen LogP contribution in [0.5, 0.6) is 17.2 Å². The van der Waals surface area contributed by atoms with Crippen LogP contribution in [0.1, 0.15) is 16.1 Å². The maximum Gasteiger partial charge on any atom is 0.257 e. The van der Waals surface area contributed by atoms with Crippen molar-refractivity contribution in [1.82, 2.24) is 9.78 Å². The molecular formula is C27H25N3O5. The lowest BCUT2D eigenvalue weighted by Gasteiger charge is -2.19. The number of amides is 1. The molecule has 0 saturated carbocycles. The van der Waals surface area contributed by atoms with Crippen molar-refractivity contribution in [2.24, 2.45) is 0 Å². The van der Waals surface area contributed by atoms with E-state index in [1.165, 1.54) is 21.3 Å². The first kappa shape index (κ1) is 23.6. The Bertz CT molecular complexity index is 1390. The Morgan fingerprint density at radius 1 is 0.857 bits per heavy atom. The monoisotopic (exact) mass is 471 g/mol. The van der Waals surface area contributed by atoms with Gasteiger partial charge in [-0.2, -0.15) is 5.10 Å². The number of methoxy groups -OCH3 is 3. The fourth-order valence-electron chi connectivity index (χ4n) is 3.78. The number of nitrogens with zero attached hydrogens (tertiary/aromatic N) is 2. The van der Waals surface area contributed by atoms with Gasteiger partial charge < -0.3 is 19.5 Å². The van der Waals surface area contributed by atoms with E-state index < -0.39 is 5.91 Å². The molecule has 0 unspecified atom stereocenters. The SMILES string of the molecule is COc1cc(C(=O)Nc2c(-c3ccccc3)c(=O)c(C)nn2-c2ccccc2)cc(OC)c1OC. The fraction of sp³-hybridized carbons (Fsp3) is 0.148. The third-order valence-corrected chi connectivity index (χ3v) is 5.48. The van der Waals surface area contributed by atoms with E-state index in [0.29, 0.717) is 39.8 Å². The summed E-state index contributed by atoms with van der Waals surface area (Å²) in [5.74, 6) is 0.813. The summed E-state index contributed by atoms with van der Waals surface area (Å²) >= 11 is 0. The molecule has 0 saturated heterocycles. The van der Waals surface area contributed by atoms with Crippen LogP contribution in [-0.4, -0.2) is 37.0 Å². The van der Waals surface area contributed by atoms with E-state index in [0.717, 1.165) is 0 Å². The number of carbonyl (C=O) groups excluding carboxylic acids is 1. The van der Waals surface area contributed by atoms with Gasteiger partial charge >= 0.3 is 0 Å². The lowest BCUT2D eigenvalue weighted by molar-refractivity contribution is 0.102. The van der Waals surface area contributed by atoms with Crippen LogP contribution in [0.3, 0.4) is 0 Å². The number of nitrogens with one attached hydrogen (secondary N) is 1. The van der Waals surface area contributed by atoms with Crippen molar-refractivity contribution < 1.29 is 19.0 Å². The van der Waals surface area contributed by atoms with Crippen molar-refractivity contribution in [3.8, 4) is 34.1 Å². The molecule has 1 amide bonds. The highest BCUT2D eigenvalue weighted by molar-refractivity contribution is 6.06. The van der Waals surface area contributed by atoms with E-state index in [9.17, 15) is 9.59 Å². The van der Waals surface area contributed by atoms with E-state index in [2.05, 4.69) is 10.4 Å². The van der Waals surface area contributed by atoms with Crippen LogP contribution in [0.4, 0.5) is 5.82 Å². The first-order valence-corrected chi connectivity index (χ1v) is 10.8. The van der Waals surface area contributed by atoms with Gasteiger partial charge in [0.15, 0.2) is 11.5 Å². The topological polar surface area (TPSA) is 91.7 Å². The zero-order valence-electron chi connectivity index (χ0n) is 19.9. The number of ether oxygens (including phenoxy) is 3. The summed E-state index contributed by atoms with van der Waals surface area (Å²) in [5.41, 5.74) is 1.97. The summed E-state index contributed by atoms with van der Waals surface area (Å²) in [7, 11) is 4.44. The molecule has 0 fully saturated rings. The quantitative estimate of drug-likeness (QED) is 0.427. The van der Waals surface area contributed by atoms with E-state index in [-0.39, 0.29) is 16.8 Å². The van der Waals surface area contributed by atoms with Gasteiger partial charge in [0, 0.05) is 5.56 Å². The number of aryl methyl sites for hydroxylation is 1. The molecule has 0 atom stereocenters. The summed E-state index contributed by atoms with van der Waals surface area (Å²) in [4.78, 5) is 26.8. The Labute approximate surface area is 202 Å². The minimum absolute atomic E-state index is 0.247. The van der Waals surface area contributed by atoms with Crippen LogP contribution in [0, 0.1) is 6.92 Å². The van der Waals surface area contributed by atoms with E-state index in [1.807, 2.05) is 60.7 Å².